The first-order valence-electron chi connectivity index (χ1n) is 7.49. The molecule has 2 rings (SSSR count). The quantitative estimate of drug-likeness (QED) is 0.590. The third-order valence-electron chi connectivity index (χ3n) is 3.52. The Kier molecular flexibility index (Phi) is 5.78. The summed E-state index contributed by atoms with van der Waals surface area (Å²) in [5.74, 6) is 0.572. The Labute approximate surface area is 144 Å². The van der Waals surface area contributed by atoms with E-state index < -0.39 is 11.0 Å². The molecular formula is C17H19N3O5. The molecule has 0 unspecified atom stereocenters. The van der Waals surface area contributed by atoms with Crippen molar-refractivity contribution in [2.75, 3.05) is 24.9 Å². The van der Waals surface area contributed by atoms with Crippen LogP contribution in [-0.2, 0) is 4.79 Å². The van der Waals surface area contributed by atoms with E-state index in [1.807, 2.05) is 12.1 Å². The number of rotatable bonds is 7. The van der Waals surface area contributed by atoms with Crippen molar-refractivity contribution in [3.05, 3.63) is 52.6 Å². The van der Waals surface area contributed by atoms with Crippen molar-refractivity contribution >= 4 is 23.0 Å². The van der Waals surface area contributed by atoms with Crippen LogP contribution in [0.4, 0.5) is 17.1 Å². The molecule has 8 heteroatoms. The molecule has 2 aromatic carbocycles. The minimum Gasteiger partial charge on any atom is -0.495 e. The van der Waals surface area contributed by atoms with Crippen LogP contribution in [0.15, 0.2) is 42.5 Å². The van der Waals surface area contributed by atoms with Crippen LogP contribution in [0, 0.1) is 10.1 Å². The van der Waals surface area contributed by atoms with Gasteiger partial charge in [0, 0.05) is 12.1 Å². The van der Waals surface area contributed by atoms with Crippen LogP contribution in [0.1, 0.15) is 6.92 Å². The lowest BCUT2D eigenvalue weighted by Crippen LogP contribution is -2.32. The molecule has 25 heavy (non-hydrogen) atoms. The second-order valence-electron chi connectivity index (χ2n) is 5.20. The number of non-ortho nitro benzene ring substituents is 1. The van der Waals surface area contributed by atoms with Gasteiger partial charge in [0.2, 0.25) is 5.91 Å². The van der Waals surface area contributed by atoms with E-state index in [2.05, 4.69) is 10.6 Å². The first-order chi connectivity index (χ1) is 12.0. The molecule has 0 saturated heterocycles. The number of carbonyl (C=O) groups excluding carboxylic acids is 1. The maximum absolute atomic E-state index is 12.4. The monoisotopic (exact) mass is 345 g/mol. The number of nitro groups is 1. The molecule has 2 N–H and O–H groups in total. The zero-order chi connectivity index (χ0) is 18.4. The fourth-order valence-electron chi connectivity index (χ4n) is 2.21. The van der Waals surface area contributed by atoms with Gasteiger partial charge >= 0.3 is 0 Å². The minimum atomic E-state index is -0.611. The van der Waals surface area contributed by atoms with Crippen molar-refractivity contribution in [2.24, 2.45) is 0 Å². The van der Waals surface area contributed by atoms with Crippen molar-refractivity contribution in [3.8, 4) is 11.5 Å². The lowest BCUT2D eigenvalue weighted by molar-refractivity contribution is -0.384. The smallest absolute Gasteiger partial charge is 0.271 e. The summed E-state index contributed by atoms with van der Waals surface area (Å²) in [6, 6.07) is 10.6. The van der Waals surface area contributed by atoms with Crippen LogP contribution in [0.2, 0.25) is 0 Å². The van der Waals surface area contributed by atoms with Gasteiger partial charge in [0.05, 0.1) is 30.5 Å². The average Bonchev–Trinajstić information content (AvgIpc) is 2.61. The van der Waals surface area contributed by atoms with Gasteiger partial charge in [0.25, 0.3) is 5.69 Å². The van der Waals surface area contributed by atoms with Gasteiger partial charge in [-0.15, -0.1) is 0 Å². The molecule has 0 aromatic heterocycles. The van der Waals surface area contributed by atoms with Crippen molar-refractivity contribution in [1.29, 1.82) is 0 Å². The summed E-state index contributed by atoms with van der Waals surface area (Å²) in [5.41, 5.74) is 0.760. The number of benzene rings is 2. The molecule has 132 valence electrons. The molecule has 0 heterocycles. The van der Waals surface area contributed by atoms with E-state index in [1.54, 1.807) is 26.2 Å². The normalized spacial score (nSPS) is 11.3. The molecule has 0 bridgehead atoms. The highest BCUT2D eigenvalue weighted by Gasteiger charge is 2.18. The van der Waals surface area contributed by atoms with E-state index in [9.17, 15) is 14.9 Å². The number of hydrogen-bond donors (Lipinski definition) is 2. The zero-order valence-electron chi connectivity index (χ0n) is 14.1. The van der Waals surface area contributed by atoms with Gasteiger partial charge in [-0.2, -0.15) is 0 Å². The second-order valence-corrected chi connectivity index (χ2v) is 5.20. The molecule has 0 fully saturated rings. The maximum atomic E-state index is 12.4. The van der Waals surface area contributed by atoms with Gasteiger partial charge < -0.3 is 20.1 Å². The molecule has 0 radical (unpaired) electrons. The minimum absolute atomic E-state index is 0.138. The molecule has 0 aliphatic carbocycles. The van der Waals surface area contributed by atoms with Gasteiger partial charge in [-0.1, -0.05) is 12.1 Å². The predicted octanol–water partition coefficient (Wildman–Crippen LogP) is 3.05. The number of ether oxygens (including phenoxy) is 2. The van der Waals surface area contributed by atoms with Gasteiger partial charge in [-0.25, -0.2) is 0 Å². The molecular weight excluding hydrogens is 326 g/mol. The number of nitro benzene ring substituents is 1. The molecule has 1 amide bonds. The molecule has 1 atom stereocenters. The molecule has 0 aliphatic heterocycles. The number of anilines is 2. The predicted molar refractivity (Wildman–Crippen MR) is 94.4 cm³/mol. The van der Waals surface area contributed by atoms with Gasteiger partial charge in [0.15, 0.2) is 0 Å². The molecule has 2 aromatic rings. The van der Waals surface area contributed by atoms with E-state index in [0.29, 0.717) is 17.2 Å². The molecule has 0 spiro atoms. The van der Waals surface area contributed by atoms with Gasteiger partial charge in [-0.3, -0.25) is 14.9 Å². The largest absolute Gasteiger partial charge is 0.495 e. The van der Waals surface area contributed by atoms with Crippen LogP contribution < -0.4 is 20.1 Å². The first kappa shape index (κ1) is 18.1. The van der Waals surface area contributed by atoms with Gasteiger partial charge in [-0.05, 0) is 25.1 Å². The lowest BCUT2D eigenvalue weighted by Gasteiger charge is -2.18. The maximum Gasteiger partial charge on any atom is 0.271 e. The fraction of sp³-hybridized carbons (Fsp3) is 0.235. The van der Waals surface area contributed by atoms with Crippen LogP contribution in [0.5, 0.6) is 11.5 Å². The summed E-state index contributed by atoms with van der Waals surface area (Å²) in [4.78, 5) is 22.8. The molecule has 0 saturated carbocycles. The Morgan fingerprint density at radius 3 is 2.36 bits per heavy atom. The number of nitrogens with zero attached hydrogens (tertiary/aromatic N) is 1. The van der Waals surface area contributed by atoms with Crippen molar-refractivity contribution < 1.29 is 19.2 Å². The van der Waals surface area contributed by atoms with Crippen molar-refractivity contribution in [1.82, 2.24) is 0 Å². The Balaban J connectivity index is 2.15. The lowest BCUT2D eigenvalue weighted by atomic mass is 10.2. The van der Waals surface area contributed by atoms with Gasteiger partial charge in [0.1, 0.15) is 17.5 Å². The van der Waals surface area contributed by atoms with E-state index in [1.165, 1.54) is 25.3 Å². The fourth-order valence-corrected chi connectivity index (χ4v) is 2.21. The van der Waals surface area contributed by atoms with Crippen molar-refractivity contribution in [3.63, 3.8) is 0 Å². The van der Waals surface area contributed by atoms with Crippen LogP contribution in [0.3, 0.4) is 0 Å². The number of methoxy groups -OCH3 is 2. The zero-order valence-corrected chi connectivity index (χ0v) is 14.1. The summed E-state index contributed by atoms with van der Waals surface area (Å²) >= 11 is 0. The Bertz CT molecular complexity index is 779. The summed E-state index contributed by atoms with van der Waals surface area (Å²) < 4.78 is 10.4. The topological polar surface area (TPSA) is 103 Å². The third kappa shape index (κ3) is 4.37. The van der Waals surface area contributed by atoms with Crippen LogP contribution >= 0.6 is 0 Å². The van der Waals surface area contributed by atoms with E-state index >= 15 is 0 Å². The second kappa shape index (κ2) is 8.00. The number of hydrogen-bond acceptors (Lipinski definition) is 6. The number of para-hydroxylation sites is 2. The Morgan fingerprint density at radius 1 is 1.08 bits per heavy atom. The highest BCUT2D eigenvalue weighted by Crippen LogP contribution is 2.29. The number of carbonyl (C=O) groups is 1. The Hall–Kier alpha value is -3.29. The van der Waals surface area contributed by atoms with E-state index in [4.69, 9.17) is 9.47 Å². The van der Waals surface area contributed by atoms with Crippen molar-refractivity contribution in [2.45, 2.75) is 13.0 Å². The Morgan fingerprint density at radius 2 is 1.72 bits per heavy atom. The summed E-state index contributed by atoms with van der Waals surface area (Å²) in [7, 11) is 2.96. The third-order valence-corrected chi connectivity index (χ3v) is 3.52. The number of amides is 1. The standard InChI is InChI=1S/C17H19N3O5/c1-11(18-13-6-4-5-7-15(13)24-2)17(21)19-14-10-12(20(22)23)8-9-16(14)25-3/h4-11,18H,1-3H3,(H,19,21)/t11-/m0/s1. The summed E-state index contributed by atoms with van der Waals surface area (Å²) in [6.07, 6.45) is 0. The highest BCUT2D eigenvalue weighted by molar-refractivity contribution is 5.97. The van der Waals surface area contributed by atoms with E-state index in [0.717, 1.165) is 0 Å². The van der Waals surface area contributed by atoms with Crippen LogP contribution in [-0.4, -0.2) is 31.1 Å². The first-order valence-corrected chi connectivity index (χ1v) is 7.49. The number of nitrogens with one attached hydrogen (secondary N) is 2. The van der Waals surface area contributed by atoms with Crippen LogP contribution in [0.25, 0.3) is 0 Å². The average molecular weight is 345 g/mol. The molecule has 8 nitrogen and oxygen atoms in total. The SMILES string of the molecule is COc1ccc([N+](=O)[O-])cc1NC(=O)[C@H](C)Nc1ccccc1OC. The van der Waals surface area contributed by atoms with E-state index in [-0.39, 0.29) is 17.3 Å². The molecule has 0 aliphatic rings. The summed E-state index contributed by atoms with van der Waals surface area (Å²) in [6.45, 7) is 1.67. The summed E-state index contributed by atoms with van der Waals surface area (Å²) in [5, 5.41) is 16.6. The highest BCUT2D eigenvalue weighted by atomic mass is 16.6.